The van der Waals surface area contributed by atoms with E-state index in [1.165, 1.54) is 4.90 Å². The lowest BCUT2D eigenvalue weighted by molar-refractivity contribution is -0.128. The van der Waals surface area contributed by atoms with Crippen LogP contribution in [-0.2, 0) is 9.59 Å². The van der Waals surface area contributed by atoms with Gasteiger partial charge in [0.15, 0.2) is 0 Å². The Balaban J connectivity index is 1.86. The summed E-state index contributed by atoms with van der Waals surface area (Å²) in [4.78, 5) is 42.9. The smallest absolute Gasteiger partial charge is 0.271 e. The van der Waals surface area contributed by atoms with Gasteiger partial charge in [0, 0.05) is 25.1 Å². The molecule has 144 valence electrons. The van der Waals surface area contributed by atoms with Crippen LogP contribution < -0.4 is 10.2 Å². The fraction of sp³-hybridized carbons (Fsp3) is 0.318. The molecule has 2 aliphatic rings. The Morgan fingerprint density at radius 3 is 2.57 bits per heavy atom. The molecule has 1 unspecified atom stereocenters. The second kappa shape index (κ2) is 6.78. The van der Waals surface area contributed by atoms with Gasteiger partial charge in [-0.15, -0.1) is 0 Å². The third-order valence-corrected chi connectivity index (χ3v) is 5.58. The predicted octanol–water partition coefficient (Wildman–Crippen LogP) is 3.32. The molecule has 6 nitrogen and oxygen atoms in total. The monoisotopic (exact) mass is 377 g/mol. The van der Waals surface area contributed by atoms with E-state index in [2.05, 4.69) is 5.32 Å². The number of hydrogen-bond donors (Lipinski definition) is 1. The maximum atomic E-state index is 13.6. The number of para-hydroxylation sites is 2. The SMILES string of the molecule is CCCN1C(=O)c2ccccc2N2C(=O)CCC12C(=O)Nc1ccccc1C. The van der Waals surface area contributed by atoms with Crippen molar-refractivity contribution in [2.24, 2.45) is 0 Å². The van der Waals surface area contributed by atoms with Gasteiger partial charge in [0.2, 0.25) is 11.6 Å². The maximum Gasteiger partial charge on any atom is 0.271 e. The maximum absolute atomic E-state index is 13.6. The number of amides is 3. The van der Waals surface area contributed by atoms with E-state index in [4.69, 9.17) is 0 Å². The summed E-state index contributed by atoms with van der Waals surface area (Å²) >= 11 is 0. The molecule has 2 heterocycles. The molecule has 6 heteroatoms. The van der Waals surface area contributed by atoms with Crippen molar-refractivity contribution in [3.63, 3.8) is 0 Å². The highest BCUT2D eigenvalue weighted by molar-refractivity contribution is 6.18. The van der Waals surface area contributed by atoms with E-state index in [1.807, 2.05) is 38.1 Å². The minimum absolute atomic E-state index is 0.138. The van der Waals surface area contributed by atoms with Crippen LogP contribution in [0.5, 0.6) is 0 Å². The number of hydrogen-bond acceptors (Lipinski definition) is 3. The third kappa shape index (κ3) is 2.52. The van der Waals surface area contributed by atoms with Crippen molar-refractivity contribution < 1.29 is 14.4 Å². The number of nitrogens with one attached hydrogen (secondary N) is 1. The van der Waals surface area contributed by atoms with Crippen LogP contribution in [0, 0.1) is 6.92 Å². The topological polar surface area (TPSA) is 69.7 Å². The van der Waals surface area contributed by atoms with Gasteiger partial charge in [-0.25, -0.2) is 0 Å². The van der Waals surface area contributed by atoms with E-state index in [0.29, 0.717) is 29.9 Å². The molecule has 0 radical (unpaired) electrons. The van der Waals surface area contributed by atoms with E-state index < -0.39 is 5.66 Å². The number of nitrogens with zero attached hydrogens (tertiary/aromatic N) is 2. The Labute approximate surface area is 164 Å². The largest absolute Gasteiger partial charge is 0.322 e. The van der Waals surface area contributed by atoms with Crippen molar-refractivity contribution in [1.82, 2.24) is 4.90 Å². The zero-order valence-electron chi connectivity index (χ0n) is 16.1. The average molecular weight is 377 g/mol. The number of aryl methyl sites for hydroxylation is 1. The molecular formula is C22H23N3O3. The quantitative estimate of drug-likeness (QED) is 0.889. The lowest BCUT2D eigenvalue weighted by Crippen LogP contribution is -2.69. The molecule has 2 aliphatic heterocycles. The Kier molecular flexibility index (Phi) is 4.41. The summed E-state index contributed by atoms with van der Waals surface area (Å²) in [6, 6.07) is 14.5. The highest BCUT2D eigenvalue weighted by Gasteiger charge is 2.60. The van der Waals surface area contributed by atoms with Crippen molar-refractivity contribution in [3.05, 3.63) is 59.7 Å². The number of benzene rings is 2. The van der Waals surface area contributed by atoms with Crippen LogP contribution in [0.4, 0.5) is 11.4 Å². The molecule has 3 amide bonds. The van der Waals surface area contributed by atoms with Crippen LogP contribution in [-0.4, -0.2) is 34.8 Å². The van der Waals surface area contributed by atoms with Crippen LogP contribution >= 0.6 is 0 Å². The van der Waals surface area contributed by atoms with Crippen molar-refractivity contribution in [2.45, 2.75) is 38.8 Å². The molecule has 0 bridgehead atoms. The summed E-state index contributed by atoms with van der Waals surface area (Å²) in [6.07, 6.45) is 1.20. The summed E-state index contributed by atoms with van der Waals surface area (Å²) < 4.78 is 0. The number of carbonyl (C=O) groups excluding carboxylic acids is 3. The minimum Gasteiger partial charge on any atom is -0.322 e. The summed E-state index contributed by atoms with van der Waals surface area (Å²) in [5.74, 6) is -0.687. The first kappa shape index (κ1) is 18.2. The fourth-order valence-corrected chi connectivity index (χ4v) is 4.25. The van der Waals surface area contributed by atoms with E-state index in [1.54, 1.807) is 29.2 Å². The molecule has 1 atom stereocenters. The van der Waals surface area contributed by atoms with E-state index >= 15 is 0 Å². The molecule has 28 heavy (non-hydrogen) atoms. The number of rotatable bonds is 4. The number of carbonyl (C=O) groups is 3. The Morgan fingerprint density at radius 1 is 1.11 bits per heavy atom. The first-order valence-corrected chi connectivity index (χ1v) is 9.62. The predicted molar refractivity (Wildman–Crippen MR) is 107 cm³/mol. The molecule has 2 aromatic carbocycles. The standard InChI is InChI=1S/C22H23N3O3/c1-3-14-24-20(27)16-9-5-7-11-18(16)25-19(26)12-13-22(24,25)21(28)23-17-10-6-4-8-15(17)2/h4-11H,3,12-14H2,1-2H3,(H,23,28). The minimum atomic E-state index is -1.33. The molecule has 0 spiro atoms. The lowest BCUT2D eigenvalue weighted by atomic mass is 9.95. The Hall–Kier alpha value is -3.15. The van der Waals surface area contributed by atoms with Gasteiger partial charge in [-0.05, 0) is 37.1 Å². The molecule has 4 rings (SSSR count). The van der Waals surface area contributed by atoms with E-state index in [-0.39, 0.29) is 30.6 Å². The van der Waals surface area contributed by atoms with Gasteiger partial charge < -0.3 is 10.2 Å². The van der Waals surface area contributed by atoms with E-state index in [9.17, 15) is 14.4 Å². The molecule has 0 aromatic heterocycles. The summed E-state index contributed by atoms with van der Waals surface area (Å²) in [5, 5.41) is 2.98. The van der Waals surface area contributed by atoms with Crippen LogP contribution in [0.2, 0.25) is 0 Å². The Bertz CT molecular complexity index is 971. The number of fused-ring (bicyclic) bond motifs is 3. The summed E-state index contributed by atoms with van der Waals surface area (Å²) in [7, 11) is 0. The summed E-state index contributed by atoms with van der Waals surface area (Å²) in [6.45, 7) is 4.27. The van der Waals surface area contributed by atoms with Gasteiger partial charge in [-0.1, -0.05) is 37.3 Å². The average Bonchev–Trinajstić information content (AvgIpc) is 3.05. The van der Waals surface area contributed by atoms with E-state index in [0.717, 1.165) is 5.56 Å². The van der Waals surface area contributed by atoms with Crippen molar-refractivity contribution in [2.75, 3.05) is 16.8 Å². The molecular weight excluding hydrogens is 354 g/mol. The molecule has 1 N–H and O–H groups in total. The van der Waals surface area contributed by atoms with Gasteiger partial charge >= 0.3 is 0 Å². The first-order valence-electron chi connectivity index (χ1n) is 9.62. The Morgan fingerprint density at radius 2 is 1.82 bits per heavy atom. The highest BCUT2D eigenvalue weighted by Crippen LogP contribution is 2.45. The van der Waals surface area contributed by atoms with Gasteiger partial charge in [0.05, 0.1) is 11.3 Å². The van der Waals surface area contributed by atoms with Crippen molar-refractivity contribution >= 4 is 29.1 Å². The van der Waals surface area contributed by atoms with Crippen molar-refractivity contribution in [3.8, 4) is 0 Å². The van der Waals surface area contributed by atoms with Gasteiger partial charge in [0.1, 0.15) is 0 Å². The van der Waals surface area contributed by atoms with Gasteiger partial charge in [0.25, 0.3) is 11.8 Å². The third-order valence-electron chi connectivity index (χ3n) is 5.58. The molecule has 0 saturated carbocycles. The lowest BCUT2D eigenvalue weighted by Gasteiger charge is -2.49. The molecule has 1 fully saturated rings. The molecule has 2 aromatic rings. The van der Waals surface area contributed by atoms with Gasteiger partial charge in [-0.2, -0.15) is 0 Å². The van der Waals surface area contributed by atoms with Crippen LogP contribution in [0.25, 0.3) is 0 Å². The molecule has 0 aliphatic carbocycles. The summed E-state index contributed by atoms with van der Waals surface area (Å²) in [5.41, 5.74) is 1.25. The molecule has 1 saturated heterocycles. The van der Waals surface area contributed by atoms with Crippen molar-refractivity contribution in [1.29, 1.82) is 0 Å². The zero-order chi connectivity index (χ0) is 19.9. The fourth-order valence-electron chi connectivity index (χ4n) is 4.25. The highest BCUT2D eigenvalue weighted by atomic mass is 16.2. The van der Waals surface area contributed by atoms with Crippen LogP contribution in [0.3, 0.4) is 0 Å². The number of anilines is 2. The second-order valence-corrected chi connectivity index (χ2v) is 7.29. The zero-order valence-corrected chi connectivity index (χ0v) is 16.1. The first-order chi connectivity index (χ1) is 13.5. The van der Waals surface area contributed by atoms with Gasteiger partial charge in [-0.3, -0.25) is 19.3 Å². The normalized spacial score (nSPS) is 20.8. The van der Waals surface area contributed by atoms with Crippen LogP contribution in [0.15, 0.2) is 48.5 Å². The second-order valence-electron chi connectivity index (χ2n) is 7.29. The van der Waals surface area contributed by atoms with Crippen LogP contribution in [0.1, 0.15) is 42.1 Å².